The zero-order valence-corrected chi connectivity index (χ0v) is 24.2. The van der Waals surface area contributed by atoms with Crippen LogP contribution < -0.4 is 0 Å². The molecule has 0 radical (unpaired) electrons. The van der Waals surface area contributed by atoms with Crippen molar-refractivity contribution < 1.29 is 85.4 Å². The van der Waals surface area contributed by atoms with Gasteiger partial charge in [-0.2, -0.15) is 0 Å². The van der Waals surface area contributed by atoms with Gasteiger partial charge in [-0.05, 0) is 0 Å². The van der Waals surface area contributed by atoms with Crippen molar-refractivity contribution in [3.05, 3.63) is 0 Å². The molecule has 0 aromatic carbocycles. The minimum absolute atomic E-state index is 0.0138. The second-order valence-electron chi connectivity index (χ2n) is 9.00. The summed E-state index contributed by atoms with van der Waals surface area (Å²) < 4.78 is 70.7. The van der Waals surface area contributed by atoms with Gasteiger partial charge < -0.3 is 30.1 Å². The summed E-state index contributed by atoms with van der Waals surface area (Å²) in [5.74, 6) is 0. The number of likely N-dealkylation sites (tertiary alicyclic amines) is 1. The SMILES string of the molecule is O=S(=O)([O-])O[C@@H](CO)[C@H](O)CN1C[C@@H](O)[C@H](O)[C@H]1CO.O=S(=O)([O-])O[C@@H](CO)[C@H](O)C[Se+]1C[C@@H](O)[C@H](O)[C@H]1CO. The number of hydrogen-bond donors (Lipinski definition) is 10. The van der Waals surface area contributed by atoms with Crippen LogP contribution in [0.25, 0.3) is 0 Å². The third kappa shape index (κ3) is 11.8. The molecule has 2 heterocycles. The van der Waals surface area contributed by atoms with E-state index in [-0.39, 0.29) is 30.3 Å². The summed E-state index contributed by atoms with van der Waals surface area (Å²) in [6.07, 6.45) is -10.7. The average Bonchev–Trinajstić information content (AvgIpc) is 3.27. The molecule has 1 unspecified atom stereocenters. The fraction of sp³-hybridized carbons (Fsp3) is 1.00. The van der Waals surface area contributed by atoms with Crippen molar-refractivity contribution in [2.75, 3.05) is 39.5 Å². The topological polar surface area (TPSA) is 338 Å². The van der Waals surface area contributed by atoms with Crippen molar-refractivity contribution in [3.8, 4) is 0 Å². The van der Waals surface area contributed by atoms with Crippen LogP contribution in [0.1, 0.15) is 0 Å². The van der Waals surface area contributed by atoms with E-state index in [1.54, 1.807) is 0 Å². The van der Waals surface area contributed by atoms with E-state index < -0.39 is 114 Å². The van der Waals surface area contributed by atoms with Crippen LogP contribution in [0.2, 0.25) is 15.5 Å². The summed E-state index contributed by atoms with van der Waals surface area (Å²) >= 11 is -1.85. The zero-order chi connectivity index (χ0) is 31.0. The molecule has 2 aliphatic heterocycles. The summed E-state index contributed by atoms with van der Waals surface area (Å²) in [5, 5.41) is 94.1. The number of nitrogens with zero attached hydrogens (tertiary/aromatic N) is 1. The number of aliphatic hydroxyl groups excluding tert-OH is 10. The van der Waals surface area contributed by atoms with Gasteiger partial charge in [-0.3, -0.25) is 9.08 Å². The molecule has 10 N–H and O–H groups in total. The summed E-state index contributed by atoms with van der Waals surface area (Å²) in [5.41, 5.74) is 0. The second kappa shape index (κ2) is 16.6. The summed E-state index contributed by atoms with van der Waals surface area (Å²) in [6, 6.07) is -0.845. The van der Waals surface area contributed by atoms with Gasteiger partial charge >= 0.3 is 120 Å². The van der Waals surface area contributed by atoms with E-state index in [0.29, 0.717) is 0 Å². The van der Waals surface area contributed by atoms with Gasteiger partial charge in [0.05, 0.1) is 37.6 Å². The van der Waals surface area contributed by atoms with Crippen molar-refractivity contribution in [2.24, 2.45) is 0 Å². The minimum atomic E-state index is -5.09. The molecule has 19 nitrogen and oxygen atoms in total. The standard InChI is InChI=1S/C9H19NO9S.C9H18O9SSe/c11-3-5-9(15)7(14)2-10(5)1-6(13)8(4-12)19-20(16,17)18;10-1-7(18-19(15,16)17)5(12)3-20-4-6(13)9(14)8(20)2-11/h5-9,11-15H,1-4H2,(H,16,17,18);5-14H,1-4H2/p-1/t5-,6-,7-,8+,9-;5-,6-,7+,8-,9+,20?/m11/s1. The van der Waals surface area contributed by atoms with Crippen LogP contribution in [0.3, 0.4) is 0 Å². The Morgan fingerprint density at radius 2 is 1.30 bits per heavy atom. The van der Waals surface area contributed by atoms with E-state index in [1.807, 2.05) is 0 Å². The Morgan fingerprint density at radius 1 is 0.800 bits per heavy atom. The van der Waals surface area contributed by atoms with Crippen LogP contribution in [-0.2, 0) is 29.2 Å². The van der Waals surface area contributed by atoms with Gasteiger partial charge in [0.25, 0.3) is 0 Å². The third-order valence-electron chi connectivity index (χ3n) is 6.14. The molecule has 0 bridgehead atoms. The third-order valence-corrected chi connectivity index (χ3v) is 13.0. The van der Waals surface area contributed by atoms with Crippen molar-refractivity contribution in [3.63, 3.8) is 0 Å². The average molecular weight is 698 g/mol. The molecular formula is C18H36NO18S2Se-. The Balaban J connectivity index is 0.000000400. The van der Waals surface area contributed by atoms with Crippen molar-refractivity contribution in [2.45, 2.75) is 70.3 Å². The first-order chi connectivity index (χ1) is 18.4. The Labute approximate surface area is 234 Å². The van der Waals surface area contributed by atoms with Crippen LogP contribution in [0.5, 0.6) is 0 Å². The molecule has 0 aromatic rings. The van der Waals surface area contributed by atoms with Gasteiger partial charge in [-0.15, -0.1) is 0 Å². The summed E-state index contributed by atoms with van der Waals surface area (Å²) in [7, 11) is -10.2. The van der Waals surface area contributed by atoms with Gasteiger partial charge in [-0.25, -0.2) is 8.42 Å². The number of aliphatic hydroxyl groups is 10. The summed E-state index contributed by atoms with van der Waals surface area (Å²) in [4.78, 5) is 0.756. The molecule has 11 atom stereocenters. The Morgan fingerprint density at radius 3 is 1.73 bits per heavy atom. The molecule has 0 aliphatic carbocycles. The van der Waals surface area contributed by atoms with E-state index in [2.05, 4.69) is 8.37 Å². The Bertz CT molecular complexity index is 882. The molecule has 22 heteroatoms. The number of β-amino-alcohol motifs (C(OH)–C–C–N with tert-alkyl or cyclic N) is 2. The normalized spacial score (nSPS) is 32.8. The second-order valence-corrected chi connectivity index (χ2v) is 15.9. The first-order valence-electron chi connectivity index (χ1n) is 11.6. The van der Waals surface area contributed by atoms with E-state index in [0.717, 1.165) is 0 Å². The molecule has 2 aliphatic rings. The zero-order valence-electron chi connectivity index (χ0n) is 20.8. The predicted octanol–water partition coefficient (Wildman–Crippen LogP) is -7.64. The molecular weight excluding hydrogens is 661 g/mol. The first-order valence-corrected chi connectivity index (χ1v) is 17.7. The number of hydrogen-bond acceptors (Lipinski definition) is 19. The molecule has 0 spiro atoms. The van der Waals surface area contributed by atoms with Gasteiger partial charge in [0, 0.05) is 13.1 Å². The fourth-order valence-corrected chi connectivity index (χ4v) is 10.8. The molecule has 2 saturated heterocycles. The van der Waals surface area contributed by atoms with Gasteiger partial charge in [-0.1, -0.05) is 0 Å². The van der Waals surface area contributed by atoms with Gasteiger partial charge in [0.1, 0.15) is 6.10 Å². The number of rotatable bonds is 14. The van der Waals surface area contributed by atoms with Crippen molar-refractivity contribution in [1.29, 1.82) is 0 Å². The van der Waals surface area contributed by atoms with E-state index in [1.165, 1.54) is 4.90 Å². The van der Waals surface area contributed by atoms with E-state index in [9.17, 15) is 61.7 Å². The Kier molecular flexibility index (Phi) is 15.7. The van der Waals surface area contributed by atoms with Crippen LogP contribution >= 0.6 is 0 Å². The molecule has 0 amide bonds. The first kappa shape index (κ1) is 37.8. The summed E-state index contributed by atoms with van der Waals surface area (Å²) in [6.45, 7) is -3.00. The quantitative estimate of drug-likeness (QED) is 0.0457. The molecule has 0 aromatic heterocycles. The van der Waals surface area contributed by atoms with Gasteiger partial charge in [0.2, 0.25) is 10.4 Å². The molecule has 0 saturated carbocycles. The van der Waals surface area contributed by atoms with Crippen molar-refractivity contribution >= 4 is 34.7 Å². The van der Waals surface area contributed by atoms with E-state index in [4.69, 9.17) is 15.3 Å². The van der Waals surface area contributed by atoms with Gasteiger partial charge in [0.15, 0.2) is 0 Å². The van der Waals surface area contributed by atoms with Crippen molar-refractivity contribution in [1.82, 2.24) is 4.90 Å². The van der Waals surface area contributed by atoms with Crippen LogP contribution in [0.15, 0.2) is 0 Å². The monoisotopic (exact) mass is 698 g/mol. The Hall–Kier alpha value is -0.181. The molecule has 240 valence electrons. The molecule has 2 fully saturated rings. The van der Waals surface area contributed by atoms with E-state index >= 15 is 0 Å². The maximum absolute atomic E-state index is 10.5. The maximum atomic E-state index is 10.5. The van der Waals surface area contributed by atoms with Crippen LogP contribution in [0, 0.1) is 0 Å². The predicted molar refractivity (Wildman–Crippen MR) is 128 cm³/mol. The molecule has 40 heavy (non-hydrogen) atoms. The van der Waals surface area contributed by atoms with Crippen LogP contribution in [-0.4, -0.2) is 190 Å². The van der Waals surface area contributed by atoms with Crippen LogP contribution in [0.4, 0.5) is 0 Å². The molecule has 2 rings (SSSR count). The fourth-order valence-electron chi connectivity index (χ4n) is 4.10.